The highest BCUT2D eigenvalue weighted by Crippen LogP contribution is 2.16. The highest BCUT2D eigenvalue weighted by atomic mass is 19.4. The Balaban J connectivity index is 0.000000486. The molecule has 0 aromatic heterocycles. The van der Waals surface area contributed by atoms with Crippen molar-refractivity contribution in [1.29, 1.82) is 0 Å². The molecule has 1 rings (SSSR count). The lowest BCUT2D eigenvalue weighted by atomic mass is 9.93. The van der Waals surface area contributed by atoms with Gasteiger partial charge in [0.1, 0.15) is 0 Å². The molecule has 6 nitrogen and oxygen atoms in total. The van der Waals surface area contributed by atoms with Crippen LogP contribution in [0.5, 0.6) is 0 Å². The topological polar surface area (TPSA) is 98.7 Å². The zero-order valence-electron chi connectivity index (χ0n) is 10.3. The van der Waals surface area contributed by atoms with Crippen LogP contribution in [0.2, 0.25) is 0 Å². The molecule has 0 bridgehead atoms. The summed E-state index contributed by atoms with van der Waals surface area (Å²) < 4.78 is 66.8. The van der Waals surface area contributed by atoms with Gasteiger partial charge in [-0.3, -0.25) is 4.79 Å². The van der Waals surface area contributed by atoms with Crippen molar-refractivity contribution in [2.45, 2.75) is 24.4 Å². The lowest BCUT2D eigenvalue weighted by molar-refractivity contribution is -0.192. The Morgan fingerprint density at radius 3 is 1.76 bits per heavy atom. The Kier molecular flexibility index (Phi) is 6.42. The van der Waals surface area contributed by atoms with Gasteiger partial charge in [-0.15, -0.1) is 0 Å². The van der Waals surface area contributed by atoms with Crippen LogP contribution in [0.1, 0.15) is 6.42 Å². The van der Waals surface area contributed by atoms with Crippen LogP contribution in [0.25, 0.3) is 0 Å². The second-order valence-electron chi connectivity index (χ2n) is 4.13. The first-order valence-corrected chi connectivity index (χ1v) is 5.36. The predicted octanol–water partition coefficient (Wildman–Crippen LogP) is 0.0226. The second-order valence-corrected chi connectivity index (χ2v) is 4.13. The summed E-state index contributed by atoms with van der Waals surface area (Å²) in [6, 6.07) is 0. The number of nitrogens with one attached hydrogen (secondary N) is 2. The lowest BCUT2D eigenvalue weighted by Crippen LogP contribution is -2.60. The average Bonchev–Trinajstić information content (AvgIpc) is 2.24. The first kappa shape index (κ1) is 19.4. The normalized spacial score (nSPS) is 17.1. The Labute approximate surface area is 114 Å². The summed E-state index contributed by atoms with van der Waals surface area (Å²) in [5.41, 5.74) is -0.959. The number of carboxylic acid groups (broad SMARTS) is 1. The van der Waals surface area contributed by atoms with Gasteiger partial charge in [-0.1, -0.05) is 0 Å². The Hall–Kier alpha value is -1.56. The van der Waals surface area contributed by atoms with E-state index in [1.54, 1.807) is 5.32 Å². The van der Waals surface area contributed by atoms with Gasteiger partial charge in [0.25, 0.3) is 0 Å². The van der Waals surface area contributed by atoms with Crippen molar-refractivity contribution in [3.63, 3.8) is 0 Å². The fourth-order valence-corrected chi connectivity index (χ4v) is 1.10. The Morgan fingerprint density at radius 1 is 1.10 bits per heavy atom. The third-order valence-corrected chi connectivity index (χ3v) is 2.28. The van der Waals surface area contributed by atoms with E-state index in [-0.39, 0.29) is 13.0 Å². The molecule has 4 N–H and O–H groups in total. The number of amides is 1. The maximum absolute atomic E-state index is 11.7. The minimum Gasteiger partial charge on any atom is -0.475 e. The van der Waals surface area contributed by atoms with Crippen LogP contribution >= 0.6 is 0 Å². The van der Waals surface area contributed by atoms with Gasteiger partial charge >= 0.3 is 24.2 Å². The molecule has 1 aliphatic heterocycles. The molecule has 0 atom stereocenters. The van der Waals surface area contributed by atoms with E-state index in [4.69, 9.17) is 9.90 Å². The molecule has 0 spiro atoms. The minimum atomic E-state index is -5.08. The maximum atomic E-state index is 11.7. The molecule has 1 fully saturated rings. The molecule has 1 heterocycles. The number of carboxylic acids is 1. The quantitative estimate of drug-likeness (QED) is 0.548. The van der Waals surface area contributed by atoms with Crippen molar-refractivity contribution in [1.82, 2.24) is 10.6 Å². The molecular weight excluding hydrogens is 314 g/mol. The van der Waals surface area contributed by atoms with E-state index >= 15 is 0 Å². The van der Waals surface area contributed by atoms with Gasteiger partial charge in [-0.25, -0.2) is 4.79 Å². The number of halogens is 6. The molecule has 1 amide bonds. The number of carbonyl (C=O) groups excluding carboxylic acids is 1. The molecule has 0 unspecified atom stereocenters. The third kappa shape index (κ3) is 7.70. The monoisotopic (exact) mass is 326 g/mol. The predicted molar refractivity (Wildman–Crippen MR) is 55.2 cm³/mol. The molecule has 12 heteroatoms. The number of aliphatic hydroxyl groups is 1. The molecular formula is C9H12F6N2O4. The van der Waals surface area contributed by atoms with Crippen molar-refractivity contribution >= 4 is 11.9 Å². The van der Waals surface area contributed by atoms with Crippen molar-refractivity contribution in [2.24, 2.45) is 0 Å². The Morgan fingerprint density at radius 2 is 1.52 bits per heavy atom. The van der Waals surface area contributed by atoms with Crippen LogP contribution in [0, 0.1) is 0 Å². The zero-order chi connectivity index (χ0) is 16.9. The number of aliphatic carboxylic acids is 1. The molecule has 1 saturated heterocycles. The van der Waals surface area contributed by atoms with Crippen molar-refractivity contribution in [2.75, 3.05) is 19.6 Å². The molecule has 0 saturated carbocycles. The van der Waals surface area contributed by atoms with Crippen LogP contribution in [0.3, 0.4) is 0 Å². The lowest BCUT2D eigenvalue weighted by Gasteiger charge is -2.37. The van der Waals surface area contributed by atoms with Crippen LogP contribution in [0.15, 0.2) is 0 Å². The third-order valence-electron chi connectivity index (χ3n) is 2.28. The summed E-state index contributed by atoms with van der Waals surface area (Å²) in [5, 5.41) is 21.0. The van der Waals surface area contributed by atoms with E-state index < -0.39 is 29.8 Å². The fraction of sp³-hybridized carbons (Fsp3) is 0.778. The molecule has 0 aromatic rings. The number of β-amino-alcohol motifs (C(OH)–C–C–N with tert-alkyl or cyclic N) is 1. The molecule has 1 aliphatic rings. The first-order chi connectivity index (χ1) is 9.28. The van der Waals surface area contributed by atoms with E-state index in [2.05, 4.69) is 5.32 Å². The zero-order valence-corrected chi connectivity index (χ0v) is 10.3. The molecule has 0 aliphatic carbocycles. The number of carbonyl (C=O) groups is 2. The van der Waals surface area contributed by atoms with Gasteiger partial charge in [0.2, 0.25) is 0 Å². The van der Waals surface area contributed by atoms with Crippen LogP contribution < -0.4 is 10.6 Å². The van der Waals surface area contributed by atoms with E-state index in [0.717, 1.165) is 0 Å². The first-order valence-electron chi connectivity index (χ1n) is 5.36. The van der Waals surface area contributed by atoms with E-state index in [1.165, 1.54) is 0 Å². The van der Waals surface area contributed by atoms with E-state index in [0.29, 0.717) is 13.1 Å². The van der Waals surface area contributed by atoms with Crippen molar-refractivity contribution in [3.05, 3.63) is 0 Å². The molecule has 124 valence electrons. The standard InChI is InChI=1S/C7H11F3N2O2.C2HF3O2/c8-7(9,10)5(13)12-2-1-6(14)3-11-4-6;3-2(4,5)1(6)7/h11,14H,1-4H2,(H,12,13);(H,6,7). The average molecular weight is 326 g/mol. The van der Waals surface area contributed by atoms with Crippen LogP contribution in [0.4, 0.5) is 26.3 Å². The highest BCUT2D eigenvalue weighted by molar-refractivity contribution is 5.81. The molecule has 0 aromatic carbocycles. The summed E-state index contributed by atoms with van der Waals surface area (Å²) in [4.78, 5) is 19.2. The van der Waals surface area contributed by atoms with Gasteiger partial charge in [-0.05, 0) is 6.42 Å². The highest BCUT2D eigenvalue weighted by Gasteiger charge is 2.39. The molecule has 21 heavy (non-hydrogen) atoms. The minimum absolute atomic E-state index is 0.127. The summed E-state index contributed by atoms with van der Waals surface area (Å²) in [5.74, 6) is -4.72. The summed E-state index contributed by atoms with van der Waals surface area (Å²) in [6.45, 7) is 0.542. The summed E-state index contributed by atoms with van der Waals surface area (Å²) in [7, 11) is 0. The fourth-order valence-electron chi connectivity index (χ4n) is 1.10. The Bertz CT molecular complexity index is 377. The number of alkyl halides is 6. The maximum Gasteiger partial charge on any atom is 0.490 e. The smallest absolute Gasteiger partial charge is 0.475 e. The van der Waals surface area contributed by atoms with Gasteiger partial charge < -0.3 is 20.8 Å². The van der Waals surface area contributed by atoms with Crippen molar-refractivity contribution in [3.8, 4) is 0 Å². The van der Waals surface area contributed by atoms with Crippen LogP contribution in [-0.4, -0.2) is 59.7 Å². The van der Waals surface area contributed by atoms with Gasteiger partial charge in [0.05, 0.1) is 5.60 Å². The second kappa shape index (κ2) is 6.93. The van der Waals surface area contributed by atoms with E-state index in [9.17, 15) is 36.2 Å². The van der Waals surface area contributed by atoms with Crippen LogP contribution in [-0.2, 0) is 9.59 Å². The van der Waals surface area contributed by atoms with Crippen molar-refractivity contribution < 1.29 is 46.1 Å². The number of rotatable bonds is 3. The summed E-state index contributed by atoms with van der Waals surface area (Å²) in [6.07, 6.45) is -9.80. The molecule has 0 radical (unpaired) electrons. The van der Waals surface area contributed by atoms with Gasteiger partial charge in [0, 0.05) is 19.6 Å². The SMILES string of the molecule is O=C(NCCC1(O)CNC1)C(F)(F)F.O=C(O)C(F)(F)F. The van der Waals surface area contributed by atoms with Gasteiger partial charge in [-0.2, -0.15) is 26.3 Å². The largest absolute Gasteiger partial charge is 0.490 e. The number of hydrogen-bond donors (Lipinski definition) is 4. The number of hydrogen-bond acceptors (Lipinski definition) is 4. The van der Waals surface area contributed by atoms with E-state index in [1.807, 2.05) is 0 Å². The van der Waals surface area contributed by atoms with Gasteiger partial charge in [0.15, 0.2) is 0 Å². The summed E-state index contributed by atoms with van der Waals surface area (Å²) >= 11 is 0.